The van der Waals surface area contributed by atoms with Crippen molar-refractivity contribution in [2.24, 2.45) is 5.92 Å². The summed E-state index contributed by atoms with van der Waals surface area (Å²) in [6.07, 6.45) is 6.59. The molecule has 1 heterocycles. The maximum atomic E-state index is 10.5. The number of hydrogen-bond donors (Lipinski definition) is 5. The zero-order chi connectivity index (χ0) is 27.5. The van der Waals surface area contributed by atoms with Gasteiger partial charge >= 0.3 is 0 Å². The summed E-state index contributed by atoms with van der Waals surface area (Å²) >= 11 is 0.113. The van der Waals surface area contributed by atoms with E-state index < -0.39 is 55.4 Å². The standard InChI is InChI=1S/C25H50O11S/c1-3-4-5-6-7-8-9-10-11-12-13-14-15-19(27)21(28)18(2)17-32-25-23(30)24(34-37-36-35-31)22(29)20(16-26)33-25/h18-31H,3-17H2,1-2H3/p-1/t18-,19+,20?,21-,22?,23?,24?,25?/m0/s1. The lowest BCUT2D eigenvalue weighted by molar-refractivity contribution is -0.777. The number of hydrogen-bond acceptors (Lipinski definition) is 12. The van der Waals surface area contributed by atoms with E-state index in [1.54, 1.807) is 6.92 Å². The normalized spacial score (nSPS) is 26.8. The van der Waals surface area contributed by atoms with Crippen molar-refractivity contribution in [2.45, 2.75) is 140 Å². The van der Waals surface area contributed by atoms with Crippen molar-refractivity contribution >= 4 is 12.3 Å². The smallest absolute Gasteiger partial charge is 0.194 e. The number of unbranched alkanes of at least 4 members (excludes halogenated alkanes) is 11. The van der Waals surface area contributed by atoms with E-state index in [1.165, 1.54) is 57.8 Å². The zero-order valence-corrected chi connectivity index (χ0v) is 23.1. The predicted octanol–water partition coefficient (Wildman–Crippen LogP) is 2.06. The molecule has 5 unspecified atom stereocenters. The highest BCUT2D eigenvalue weighted by molar-refractivity contribution is 7.89. The third-order valence-electron chi connectivity index (χ3n) is 6.88. The lowest BCUT2D eigenvalue weighted by Gasteiger charge is -2.41. The predicted molar refractivity (Wildman–Crippen MR) is 135 cm³/mol. The van der Waals surface area contributed by atoms with Crippen molar-refractivity contribution in [1.82, 2.24) is 0 Å². The quantitative estimate of drug-likeness (QED) is 0.0537. The van der Waals surface area contributed by atoms with Gasteiger partial charge < -0.3 is 40.3 Å². The van der Waals surface area contributed by atoms with Crippen LogP contribution in [0.4, 0.5) is 0 Å². The van der Waals surface area contributed by atoms with Crippen molar-refractivity contribution in [3.05, 3.63) is 0 Å². The molecule has 0 aliphatic carbocycles. The van der Waals surface area contributed by atoms with Gasteiger partial charge in [-0.05, 0) is 6.42 Å². The largest absolute Gasteiger partial charge is 0.691 e. The minimum atomic E-state index is -1.49. The maximum absolute atomic E-state index is 10.5. The second-order valence-electron chi connectivity index (χ2n) is 10.0. The van der Waals surface area contributed by atoms with Crippen molar-refractivity contribution in [2.75, 3.05) is 13.2 Å². The van der Waals surface area contributed by atoms with Crippen LogP contribution in [-0.2, 0) is 23.0 Å². The van der Waals surface area contributed by atoms with Gasteiger partial charge in [0.25, 0.3) is 0 Å². The van der Waals surface area contributed by atoms with Crippen LogP contribution in [0.25, 0.3) is 0 Å². The molecule has 37 heavy (non-hydrogen) atoms. The first-order valence-electron chi connectivity index (χ1n) is 13.8. The molecule has 8 atom stereocenters. The fourth-order valence-corrected chi connectivity index (χ4v) is 4.84. The molecule has 0 radical (unpaired) electrons. The highest BCUT2D eigenvalue weighted by Crippen LogP contribution is 2.28. The van der Waals surface area contributed by atoms with Crippen molar-refractivity contribution < 1.29 is 53.8 Å². The Morgan fingerprint density at radius 2 is 1.46 bits per heavy atom. The minimum absolute atomic E-state index is 0.0628. The van der Waals surface area contributed by atoms with Gasteiger partial charge in [-0.1, -0.05) is 90.9 Å². The lowest BCUT2D eigenvalue weighted by Crippen LogP contribution is -2.59. The summed E-state index contributed by atoms with van der Waals surface area (Å²) in [6.45, 7) is 3.29. The third kappa shape index (κ3) is 14.2. The van der Waals surface area contributed by atoms with Gasteiger partial charge in [0.2, 0.25) is 0 Å². The molecule has 0 saturated carbocycles. The molecule has 0 spiro atoms. The summed E-state index contributed by atoms with van der Waals surface area (Å²) in [5.74, 6) is -0.478. The molecule has 0 aromatic carbocycles. The highest BCUT2D eigenvalue weighted by atomic mass is 32.2. The maximum Gasteiger partial charge on any atom is 0.194 e. The van der Waals surface area contributed by atoms with E-state index >= 15 is 0 Å². The van der Waals surface area contributed by atoms with Crippen LogP contribution < -0.4 is 5.26 Å². The highest BCUT2D eigenvalue weighted by Gasteiger charge is 2.46. The van der Waals surface area contributed by atoms with Gasteiger partial charge in [0, 0.05) is 5.92 Å². The van der Waals surface area contributed by atoms with E-state index in [2.05, 4.69) is 16.3 Å². The Labute approximate surface area is 225 Å². The Bertz CT molecular complexity index is 533. The molecule has 12 heteroatoms. The van der Waals surface area contributed by atoms with Gasteiger partial charge in [-0.2, -0.15) is 0 Å². The molecule has 11 nitrogen and oxygen atoms in total. The summed E-state index contributed by atoms with van der Waals surface area (Å²) in [5, 5.41) is 64.0. The van der Waals surface area contributed by atoms with Gasteiger partial charge in [0.15, 0.2) is 18.6 Å². The molecular weight excluding hydrogens is 508 g/mol. The fraction of sp³-hybridized carbons (Fsp3) is 1.00. The second kappa shape index (κ2) is 21.7. The van der Waals surface area contributed by atoms with E-state index in [0.717, 1.165) is 19.3 Å². The first kappa shape index (κ1) is 34.9. The molecule has 1 rings (SSSR count). The van der Waals surface area contributed by atoms with Crippen molar-refractivity contribution in [3.8, 4) is 0 Å². The topological polar surface area (TPSA) is 170 Å². The molecule has 222 valence electrons. The third-order valence-corrected chi connectivity index (χ3v) is 7.29. The molecule has 1 saturated heterocycles. The Hall–Kier alpha value is -0.0900. The summed E-state index contributed by atoms with van der Waals surface area (Å²) < 4.78 is 20.0. The van der Waals surface area contributed by atoms with Gasteiger partial charge in [-0.3, -0.25) is 9.22 Å². The molecule has 1 aliphatic heterocycles. The van der Waals surface area contributed by atoms with Crippen LogP contribution in [0.1, 0.15) is 97.3 Å². The average molecular weight is 558 g/mol. The van der Waals surface area contributed by atoms with E-state index in [1.807, 2.05) is 0 Å². The van der Waals surface area contributed by atoms with Gasteiger partial charge in [-0.15, -0.1) is 4.33 Å². The molecule has 1 aliphatic rings. The van der Waals surface area contributed by atoms with Crippen LogP contribution >= 0.6 is 12.3 Å². The van der Waals surface area contributed by atoms with Crippen LogP contribution in [0.5, 0.6) is 0 Å². The summed E-state index contributed by atoms with van der Waals surface area (Å²) in [4.78, 5) is 0. The molecule has 0 aromatic heterocycles. The van der Waals surface area contributed by atoms with E-state index in [4.69, 9.17) is 13.7 Å². The monoisotopic (exact) mass is 557 g/mol. The van der Waals surface area contributed by atoms with Gasteiger partial charge in [0.05, 0.1) is 25.4 Å². The molecule has 0 aromatic rings. The number of rotatable bonds is 23. The van der Waals surface area contributed by atoms with E-state index in [-0.39, 0.29) is 18.9 Å². The summed E-state index contributed by atoms with van der Waals surface area (Å²) in [5.41, 5.74) is 0. The molecule has 1 fully saturated rings. The first-order valence-corrected chi connectivity index (χ1v) is 14.4. The average Bonchev–Trinajstić information content (AvgIpc) is 2.90. The van der Waals surface area contributed by atoms with Crippen LogP contribution in [0, 0.1) is 5.92 Å². The zero-order valence-electron chi connectivity index (χ0n) is 22.3. The van der Waals surface area contributed by atoms with Crippen LogP contribution in [-0.4, -0.2) is 81.7 Å². The Morgan fingerprint density at radius 3 is 2.00 bits per heavy atom. The van der Waals surface area contributed by atoms with Crippen LogP contribution in [0.2, 0.25) is 0 Å². The van der Waals surface area contributed by atoms with E-state index in [0.29, 0.717) is 6.42 Å². The van der Waals surface area contributed by atoms with Crippen molar-refractivity contribution in [1.29, 1.82) is 0 Å². The Kier molecular flexibility index (Phi) is 20.5. The molecule has 5 N–H and O–H groups in total. The van der Waals surface area contributed by atoms with Crippen LogP contribution in [0.15, 0.2) is 0 Å². The number of ether oxygens (including phenoxy) is 2. The number of aliphatic hydroxyl groups is 5. The van der Waals surface area contributed by atoms with Crippen LogP contribution in [0.3, 0.4) is 0 Å². The number of aliphatic hydroxyl groups excluding tert-OH is 5. The van der Waals surface area contributed by atoms with E-state index in [9.17, 15) is 30.8 Å². The molecule has 0 bridgehead atoms. The summed E-state index contributed by atoms with van der Waals surface area (Å²) in [6, 6.07) is 0. The van der Waals surface area contributed by atoms with Gasteiger partial charge in [0.1, 0.15) is 24.4 Å². The fourth-order valence-electron chi connectivity index (χ4n) is 4.47. The Balaban J connectivity index is 2.25. The minimum Gasteiger partial charge on any atom is -0.691 e. The summed E-state index contributed by atoms with van der Waals surface area (Å²) in [7, 11) is 0. The molecule has 0 amide bonds. The molecular formula is C25H49O11S-. The van der Waals surface area contributed by atoms with Gasteiger partial charge in [-0.25, -0.2) is 0 Å². The lowest BCUT2D eigenvalue weighted by atomic mass is 9.96. The first-order chi connectivity index (χ1) is 17.9. The second-order valence-corrected chi connectivity index (χ2v) is 10.5. The SMILES string of the molecule is CCCCCCCCCCCCCC[C@@H](O)[C@@H](O)[C@@H](C)COC1OC(CO)C(O)C(OSOO[O-])C1O. The Morgan fingerprint density at radius 1 is 0.892 bits per heavy atom. The van der Waals surface area contributed by atoms with Crippen molar-refractivity contribution in [3.63, 3.8) is 0 Å².